The second-order valence-corrected chi connectivity index (χ2v) is 7.08. The number of benzene rings is 2. The summed E-state index contributed by atoms with van der Waals surface area (Å²) in [6, 6.07) is 22.9. The van der Waals surface area contributed by atoms with Gasteiger partial charge in [-0.05, 0) is 54.6 Å². The van der Waals surface area contributed by atoms with Gasteiger partial charge in [0.05, 0.1) is 24.1 Å². The Hall–Kier alpha value is -4.26. The molecular weight excluding hydrogens is 393 g/mol. The third-order valence-electron chi connectivity index (χ3n) is 5.08. The zero-order chi connectivity index (χ0) is 21.2. The largest absolute Gasteiger partial charge is 0.302 e. The molecule has 1 N–H and O–H groups in total. The Morgan fingerprint density at radius 2 is 1.77 bits per heavy atom. The summed E-state index contributed by atoms with van der Waals surface area (Å²) >= 11 is 0. The van der Waals surface area contributed by atoms with Crippen molar-refractivity contribution in [1.29, 1.82) is 0 Å². The average Bonchev–Trinajstić information content (AvgIpc) is 3.46. The third-order valence-corrected chi connectivity index (χ3v) is 5.08. The highest BCUT2D eigenvalue weighted by molar-refractivity contribution is 6.05. The molecule has 6 nitrogen and oxygen atoms in total. The van der Waals surface area contributed by atoms with Crippen LogP contribution in [0.3, 0.4) is 0 Å². The minimum absolute atomic E-state index is 0.224. The number of rotatable bonds is 5. The predicted octanol–water partition coefficient (Wildman–Crippen LogP) is 4.71. The molecule has 3 heterocycles. The molecule has 31 heavy (non-hydrogen) atoms. The van der Waals surface area contributed by atoms with Crippen molar-refractivity contribution in [3.8, 4) is 11.3 Å². The zero-order valence-electron chi connectivity index (χ0n) is 16.4. The number of nitrogens with one attached hydrogen (secondary N) is 1. The van der Waals surface area contributed by atoms with Gasteiger partial charge in [-0.25, -0.2) is 9.37 Å². The van der Waals surface area contributed by atoms with Crippen molar-refractivity contribution in [3.63, 3.8) is 0 Å². The molecule has 0 aliphatic carbocycles. The van der Waals surface area contributed by atoms with Crippen molar-refractivity contribution < 1.29 is 9.18 Å². The summed E-state index contributed by atoms with van der Waals surface area (Å²) in [5.74, 6) is -0.545. The number of hydrogen-bond acceptors (Lipinski definition) is 3. The van der Waals surface area contributed by atoms with Crippen molar-refractivity contribution in [3.05, 3.63) is 108 Å². The molecule has 0 radical (unpaired) electrons. The van der Waals surface area contributed by atoms with E-state index in [1.165, 1.54) is 12.1 Å². The van der Waals surface area contributed by atoms with Crippen molar-refractivity contribution in [2.24, 2.45) is 0 Å². The van der Waals surface area contributed by atoms with Crippen LogP contribution in [-0.4, -0.2) is 25.5 Å². The molecule has 0 unspecified atom stereocenters. The number of nitrogens with zero attached hydrogens (tertiary/aromatic N) is 4. The fourth-order valence-electron chi connectivity index (χ4n) is 3.50. The molecule has 1 amide bonds. The standard InChI is InChI=1S/C24H18FN5O/c25-18-11-9-17(10-12-18)21-14-22(28-27-21)24(31)30(19-6-2-1-3-7-19)16-20-15-26-23-8-4-5-13-29(20)23/h1-15H,16H2,(H,27,28). The second-order valence-electron chi connectivity index (χ2n) is 7.08. The number of halogens is 1. The van der Waals surface area contributed by atoms with Gasteiger partial charge in [-0.1, -0.05) is 24.3 Å². The molecular formula is C24H18FN5O. The van der Waals surface area contributed by atoms with Gasteiger partial charge in [-0.3, -0.25) is 9.89 Å². The van der Waals surface area contributed by atoms with Gasteiger partial charge in [0.15, 0.2) is 0 Å². The minimum atomic E-state index is -0.320. The van der Waals surface area contributed by atoms with Gasteiger partial charge in [-0.2, -0.15) is 5.10 Å². The zero-order valence-corrected chi connectivity index (χ0v) is 16.4. The molecule has 0 atom stereocenters. The first-order chi connectivity index (χ1) is 15.2. The Balaban J connectivity index is 1.50. The van der Waals surface area contributed by atoms with E-state index >= 15 is 0 Å². The van der Waals surface area contributed by atoms with Crippen LogP contribution in [0.4, 0.5) is 10.1 Å². The molecule has 3 aromatic heterocycles. The molecule has 0 saturated carbocycles. The van der Waals surface area contributed by atoms with E-state index in [0.717, 1.165) is 22.6 Å². The summed E-state index contributed by atoms with van der Waals surface area (Å²) in [5.41, 5.74) is 4.10. The van der Waals surface area contributed by atoms with Crippen LogP contribution in [0.15, 0.2) is 91.3 Å². The van der Waals surface area contributed by atoms with E-state index in [4.69, 9.17) is 0 Å². The average molecular weight is 411 g/mol. The van der Waals surface area contributed by atoms with Crippen LogP contribution < -0.4 is 4.90 Å². The lowest BCUT2D eigenvalue weighted by Gasteiger charge is -2.22. The second kappa shape index (κ2) is 7.87. The summed E-state index contributed by atoms with van der Waals surface area (Å²) < 4.78 is 15.2. The van der Waals surface area contributed by atoms with E-state index in [1.54, 1.807) is 29.3 Å². The van der Waals surface area contributed by atoms with E-state index in [1.807, 2.05) is 59.1 Å². The van der Waals surface area contributed by atoms with Gasteiger partial charge >= 0.3 is 0 Å². The topological polar surface area (TPSA) is 66.3 Å². The lowest BCUT2D eigenvalue weighted by Crippen LogP contribution is -2.31. The SMILES string of the molecule is O=C(c1cc(-c2ccc(F)cc2)n[nH]1)N(Cc1cnc2ccccn12)c1ccccc1. The number of amides is 1. The Morgan fingerprint density at radius 1 is 1.00 bits per heavy atom. The smallest absolute Gasteiger partial charge is 0.276 e. The maximum atomic E-state index is 13.5. The maximum absolute atomic E-state index is 13.5. The summed E-state index contributed by atoms with van der Waals surface area (Å²) in [5, 5.41) is 7.08. The summed E-state index contributed by atoms with van der Waals surface area (Å²) in [7, 11) is 0. The Labute approximate surface area is 177 Å². The number of anilines is 1. The van der Waals surface area contributed by atoms with Crippen LogP contribution in [0, 0.1) is 5.82 Å². The first kappa shape index (κ1) is 18.7. The Kier molecular flexibility index (Phi) is 4.76. The fourth-order valence-corrected chi connectivity index (χ4v) is 3.50. The number of fused-ring (bicyclic) bond motifs is 1. The lowest BCUT2D eigenvalue weighted by atomic mass is 10.1. The van der Waals surface area contributed by atoms with Crippen molar-refractivity contribution in [2.45, 2.75) is 6.54 Å². The number of aromatic nitrogens is 4. The summed E-state index contributed by atoms with van der Waals surface area (Å²) in [6.07, 6.45) is 3.70. The van der Waals surface area contributed by atoms with Crippen molar-refractivity contribution >= 4 is 17.2 Å². The van der Waals surface area contributed by atoms with Gasteiger partial charge in [0.25, 0.3) is 5.91 Å². The van der Waals surface area contributed by atoms with Gasteiger partial charge in [0.1, 0.15) is 17.2 Å². The summed E-state index contributed by atoms with van der Waals surface area (Å²) in [4.78, 5) is 19.6. The highest BCUT2D eigenvalue weighted by atomic mass is 19.1. The highest BCUT2D eigenvalue weighted by Gasteiger charge is 2.22. The molecule has 0 aliphatic heterocycles. The van der Waals surface area contributed by atoms with Gasteiger partial charge in [0.2, 0.25) is 0 Å². The van der Waals surface area contributed by atoms with Crippen LogP contribution in [0.25, 0.3) is 16.9 Å². The number of imidazole rings is 1. The van der Waals surface area contributed by atoms with Gasteiger partial charge in [-0.15, -0.1) is 0 Å². The third kappa shape index (κ3) is 3.69. The van der Waals surface area contributed by atoms with E-state index in [-0.39, 0.29) is 11.7 Å². The molecule has 0 bridgehead atoms. The molecule has 5 rings (SSSR count). The van der Waals surface area contributed by atoms with Gasteiger partial charge < -0.3 is 9.30 Å². The quantitative estimate of drug-likeness (QED) is 0.455. The number of aromatic amines is 1. The minimum Gasteiger partial charge on any atom is -0.302 e. The highest BCUT2D eigenvalue weighted by Crippen LogP contribution is 2.23. The summed E-state index contributed by atoms with van der Waals surface area (Å²) in [6.45, 7) is 0.332. The molecule has 5 aromatic rings. The molecule has 2 aromatic carbocycles. The van der Waals surface area contributed by atoms with E-state index < -0.39 is 0 Å². The first-order valence-electron chi connectivity index (χ1n) is 9.78. The molecule has 152 valence electrons. The Bertz CT molecular complexity index is 1340. The fraction of sp³-hybridized carbons (Fsp3) is 0.0417. The van der Waals surface area contributed by atoms with Crippen LogP contribution in [0.5, 0.6) is 0 Å². The number of hydrogen-bond donors (Lipinski definition) is 1. The van der Waals surface area contributed by atoms with Crippen molar-refractivity contribution in [2.75, 3.05) is 4.90 Å². The first-order valence-corrected chi connectivity index (χ1v) is 9.78. The van der Waals surface area contributed by atoms with Crippen LogP contribution in [0.1, 0.15) is 16.2 Å². The van der Waals surface area contributed by atoms with E-state index in [9.17, 15) is 9.18 Å². The number of carbonyl (C=O) groups is 1. The lowest BCUT2D eigenvalue weighted by molar-refractivity contribution is 0.0980. The number of H-pyrrole nitrogens is 1. The Morgan fingerprint density at radius 3 is 2.58 bits per heavy atom. The predicted molar refractivity (Wildman–Crippen MR) is 116 cm³/mol. The van der Waals surface area contributed by atoms with E-state index in [2.05, 4.69) is 15.2 Å². The molecule has 7 heteroatoms. The number of para-hydroxylation sites is 1. The maximum Gasteiger partial charge on any atom is 0.276 e. The van der Waals surface area contributed by atoms with Crippen LogP contribution in [0.2, 0.25) is 0 Å². The molecule has 0 aliphatic rings. The van der Waals surface area contributed by atoms with E-state index in [0.29, 0.717) is 17.9 Å². The van der Waals surface area contributed by atoms with Gasteiger partial charge in [0, 0.05) is 17.4 Å². The monoisotopic (exact) mass is 411 g/mol. The number of carbonyl (C=O) groups excluding carboxylic acids is 1. The van der Waals surface area contributed by atoms with Crippen molar-refractivity contribution in [1.82, 2.24) is 19.6 Å². The normalized spacial score (nSPS) is 11.0. The van der Waals surface area contributed by atoms with Crippen LogP contribution in [-0.2, 0) is 6.54 Å². The molecule has 0 spiro atoms. The van der Waals surface area contributed by atoms with Crippen LogP contribution >= 0.6 is 0 Å². The number of pyridine rings is 1. The molecule has 0 saturated heterocycles. The molecule has 0 fully saturated rings.